The fraction of sp³-hybridized carbons (Fsp3) is 0.750. The van der Waals surface area contributed by atoms with E-state index in [1.54, 1.807) is 0 Å². The minimum Gasteiger partial charge on any atom is -0.389 e. The second-order valence-electron chi connectivity index (χ2n) is 2.36. The lowest BCUT2D eigenvalue weighted by atomic mass is 10.3. The first kappa shape index (κ1) is 9.89. The minimum atomic E-state index is 0.887. The van der Waals surface area contributed by atoms with Crippen LogP contribution < -0.4 is 5.32 Å². The highest BCUT2D eigenvalue weighted by Crippen LogP contribution is 1.95. The Kier molecular flexibility index (Phi) is 6.93. The van der Waals surface area contributed by atoms with Gasteiger partial charge in [0.15, 0.2) is 0 Å². The summed E-state index contributed by atoms with van der Waals surface area (Å²) in [7, 11) is 0. The van der Waals surface area contributed by atoms with Crippen molar-refractivity contribution >= 4 is 12.6 Å². The van der Waals surface area contributed by atoms with E-state index < -0.39 is 0 Å². The van der Waals surface area contributed by atoms with Gasteiger partial charge >= 0.3 is 0 Å². The monoisotopic (exact) mass is 159 g/mol. The molecule has 0 unspecified atom stereocenters. The van der Waals surface area contributed by atoms with Crippen molar-refractivity contribution in [2.45, 2.75) is 26.2 Å². The van der Waals surface area contributed by atoms with Gasteiger partial charge in [-0.2, -0.15) is 12.6 Å². The maximum Gasteiger partial charge on any atom is 0.0143 e. The van der Waals surface area contributed by atoms with E-state index in [1.807, 2.05) is 0 Å². The normalized spacial score (nSPS) is 9.40. The maximum atomic E-state index is 4.10. The first-order valence-electron chi connectivity index (χ1n) is 3.83. The molecule has 2 heteroatoms. The SMILES string of the molecule is C=C(CCS)NCCCC. The van der Waals surface area contributed by atoms with Gasteiger partial charge < -0.3 is 5.32 Å². The molecule has 0 aromatic carbocycles. The van der Waals surface area contributed by atoms with Crippen molar-refractivity contribution in [3.8, 4) is 0 Å². The molecule has 0 aromatic heterocycles. The number of rotatable bonds is 6. The summed E-state index contributed by atoms with van der Waals surface area (Å²) in [4.78, 5) is 0. The highest BCUT2D eigenvalue weighted by Gasteiger charge is 1.89. The average molecular weight is 159 g/mol. The van der Waals surface area contributed by atoms with Gasteiger partial charge in [-0.05, 0) is 18.6 Å². The van der Waals surface area contributed by atoms with Crippen LogP contribution in [0.5, 0.6) is 0 Å². The van der Waals surface area contributed by atoms with Gasteiger partial charge in [-0.1, -0.05) is 19.9 Å². The van der Waals surface area contributed by atoms with Crippen LogP contribution in [0, 0.1) is 0 Å². The van der Waals surface area contributed by atoms with E-state index >= 15 is 0 Å². The Labute approximate surface area is 69.3 Å². The maximum absolute atomic E-state index is 4.10. The van der Waals surface area contributed by atoms with Crippen LogP contribution in [0.2, 0.25) is 0 Å². The largest absolute Gasteiger partial charge is 0.389 e. The van der Waals surface area contributed by atoms with Crippen molar-refractivity contribution < 1.29 is 0 Å². The molecule has 0 spiro atoms. The van der Waals surface area contributed by atoms with Crippen LogP contribution in [0.15, 0.2) is 12.3 Å². The van der Waals surface area contributed by atoms with E-state index in [0.29, 0.717) is 0 Å². The highest BCUT2D eigenvalue weighted by atomic mass is 32.1. The molecule has 0 aliphatic carbocycles. The molecule has 60 valence electrons. The predicted molar refractivity (Wildman–Crippen MR) is 50.5 cm³/mol. The van der Waals surface area contributed by atoms with Crippen molar-refractivity contribution in [1.82, 2.24) is 5.32 Å². The number of allylic oxidation sites excluding steroid dienone is 1. The zero-order valence-electron chi connectivity index (χ0n) is 6.69. The molecule has 1 nitrogen and oxygen atoms in total. The molecule has 0 aliphatic heterocycles. The molecule has 0 heterocycles. The molecule has 0 aromatic rings. The molecule has 0 saturated heterocycles. The summed E-state index contributed by atoms with van der Waals surface area (Å²) in [6, 6.07) is 0. The fourth-order valence-electron chi connectivity index (χ4n) is 0.665. The lowest BCUT2D eigenvalue weighted by Crippen LogP contribution is -2.13. The van der Waals surface area contributed by atoms with Crippen molar-refractivity contribution in [3.05, 3.63) is 12.3 Å². The zero-order valence-corrected chi connectivity index (χ0v) is 7.58. The van der Waals surface area contributed by atoms with Crippen molar-refractivity contribution in [2.24, 2.45) is 0 Å². The van der Waals surface area contributed by atoms with Gasteiger partial charge in [-0.3, -0.25) is 0 Å². The Balaban J connectivity index is 3.05. The average Bonchev–Trinajstić information content (AvgIpc) is 1.89. The van der Waals surface area contributed by atoms with Gasteiger partial charge in [-0.25, -0.2) is 0 Å². The summed E-state index contributed by atoms with van der Waals surface area (Å²) in [5.74, 6) is 0.887. The Bertz CT molecular complexity index is 91.3. The molecular formula is C8H17NS. The zero-order chi connectivity index (χ0) is 7.82. The molecule has 0 saturated carbocycles. The number of hydrogen-bond donors (Lipinski definition) is 2. The molecule has 0 fully saturated rings. The molecule has 10 heavy (non-hydrogen) atoms. The molecule has 0 atom stereocenters. The number of unbranched alkanes of at least 4 members (excludes halogenated alkanes) is 1. The van der Waals surface area contributed by atoms with E-state index in [1.165, 1.54) is 12.8 Å². The van der Waals surface area contributed by atoms with Crippen molar-refractivity contribution in [2.75, 3.05) is 12.3 Å². The third-order valence-corrected chi connectivity index (χ3v) is 1.54. The molecule has 0 aliphatic rings. The van der Waals surface area contributed by atoms with Crippen molar-refractivity contribution in [1.29, 1.82) is 0 Å². The van der Waals surface area contributed by atoms with Crippen LogP contribution in [0.25, 0.3) is 0 Å². The van der Waals surface area contributed by atoms with E-state index in [9.17, 15) is 0 Å². The van der Waals surface area contributed by atoms with Crippen LogP contribution in [0.3, 0.4) is 0 Å². The van der Waals surface area contributed by atoms with Gasteiger partial charge in [0.1, 0.15) is 0 Å². The Hall–Kier alpha value is -0.110. The smallest absolute Gasteiger partial charge is 0.0143 e. The molecule has 0 rings (SSSR count). The third-order valence-electron chi connectivity index (χ3n) is 1.32. The Morgan fingerprint density at radius 1 is 1.60 bits per heavy atom. The van der Waals surface area contributed by atoms with Gasteiger partial charge in [0, 0.05) is 12.2 Å². The first-order chi connectivity index (χ1) is 4.81. The van der Waals surface area contributed by atoms with Gasteiger partial charge in [0.2, 0.25) is 0 Å². The minimum absolute atomic E-state index is 0.887. The summed E-state index contributed by atoms with van der Waals surface area (Å²) in [5.41, 5.74) is 1.11. The summed E-state index contributed by atoms with van der Waals surface area (Å²) in [6.07, 6.45) is 3.44. The van der Waals surface area contributed by atoms with Crippen LogP contribution in [-0.2, 0) is 0 Å². The third kappa shape index (κ3) is 6.02. The van der Waals surface area contributed by atoms with Crippen LogP contribution >= 0.6 is 12.6 Å². The first-order valence-corrected chi connectivity index (χ1v) is 4.47. The van der Waals surface area contributed by atoms with Crippen LogP contribution in [0.4, 0.5) is 0 Å². The topological polar surface area (TPSA) is 12.0 Å². The second kappa shape index (κ2) is 7.00. The Morgan fingerprint density at radius 3 is 2.80 bits per heavy atom. The van der Waals surface area contributed by atoms with E-state index in [0.717, 1.165) is 24.4 Å². The number of hydrogen-bond acceptors (Lipinski definition) is 2. The quantitative estimate of drug-likeness (QED) is 0.447. The van der Waals surface area contributed by atoms with E-state index in [4.69, 9.17) is 0 Å². The summed E-state index contributed by atoms with van der Waals surface area (Å²) in [6.45, 7) is 7.10. The fourth-order valence-corrected chi connectivity index (χ4v) is 0.935. The molecular weight excluding hydrogens is 142 g/mol. The highest BCUT2D eigenvalue weighted by molar-refractivity contribution is 7.80. The Morgan fingerprint density at radius 2 is 2.30 bits per heavy atom. The lowest BCUT2D eigenvalue weighted by molar-refractivity contribution is 0.697. The van der Waals surface area contributed by atoms with Crippen LogP contribution in [-0.4, -0.2) is 12.3 Å². The van der Waals surface area contributed by atoms with Gasteiger partial charge in [0.05, 0.1) is 0 Å². The molecule has 0 radical (unpaired) electrons. The second-order valence-corrected chi connectivity index (χ2v) is 2.80. The molecule has 1 N–H and O–H groups in total. The molecule has 0 amide bonds. The number of nitrogens with one attached hydrogen (secondary N) is 1. The molecule has 0 bridgehead atoms. The predicted octanol–water partition coefficient (Wildman–Crippen LogP) is 2.21. The summed E-state index contributed by atoms with van der Waals surface area (Å²) >= 11 is 4.10. The summed E-state index contributed by atoms with van der Waals surface area (Å²) in [5, 5.41) is 3.24. The standard InChI is InChI=1S/C8H17NS/c1-3-4-6-9-8(2)5-7-10/h9-10H,2-7H2,1H3. The number of thiol groups is 1. The summed E-state index contributed by atoms with van der Waals surface area (Å²) < 4.78 is 0. The van der Waals surface area contributed by atoms with Gasteiger partial charge in [0.25, 0.3) is 0 Å². The van der Waals surface area contributed by atoms with E-state index in [2.05, 4.69) is 31.4 Å². The van der Waals surface area contributed by atoms with Crippen LogP contribution in [0.1, 0.15) is 26.2 Å². The van der Waals surface area contributed by atoms with Crippen molar-refractivity contribution in [3.63, 3.8) is 0 Å². The van der Waals surface area contributed by atoms with Gasteiger partial charge in [-0.15, -0.1) is 0 Å². The van der Waals surface area contributed by atoms with E-state index in [-0.39, 0.29) is 0 Å². The lowest BCUT2D eigenvalue weighted by Gasteiger charge is -2.06.